The van der Waals surface area contributed by atoms with Crippen molar-refractivity contribution in [2.45, 2.75) is 13.0 Å². The molecule has 1 unspecified atom stereocenters. The Morgan fingerprint density at radius 3 is 3.07 bits per heavy atom. The minimum absolute atomic E-state index is 0.0181. The van der Waals surface area contributed by atoms with Crippen molar-refractivity contribution in [1.29, 1.82) is 0 Å². The molecule has 1 aromatic heterocycles. The summed E-state index contributed by atoms with van der Waals surface area (Å²) in [5, 5.41) is 0. The lowest BCUT2D eigenvalue weighted by molar-refractivity contribution is 0.0893. The summed E-state index contributed by atoms with van der Waals surface area (Å²) < 4.78 is 10.2. The Morgan fingerprint density at radius 2 is 2.43 bits per heavy atom. The summed E-state index contributed by atoms with van der Waals surface area (Å²) >= 11 is 0. The second-order valence-corrected chi connectivity index (χ2v) is 2.83. The molecule has 3 N–H and O–H groups in total. The summed E-state index contributed by atoms with van der Waals surface area (Å²) in [6.07, 6.45) is 1.05. The molecule has 14 heavy (non-hydrogen) atoms. The smallest absolute Gasteiger partial charge is 0.277 e. The number of methoxy groups -OCH3 is 1. The van der Waals surface area contributed by atoms with E-state index in [0.29, 0.717) is 6.61 Å². The normalized spacial score (nSPS) is 12.4. The maximum Gasteiger partial charge on any atom is 0.277 e. The molecular weight excluding hydrogens is 186 g/mol. The molecule has 0 amide bonds. The highest BCUT2D eigenvalue weighted by atomic mass is 16.5. The van der Waals surface area contributed by atoms with E-state index in [1.165, 1.54) is 6.33 Å². The van der Waals surface area contributed by atoms with E-state index >= 15 is 0 Å². The van der Waals surface area contributed by atoms with Gasteiger partial charge in [-0.15, -0.1) is 0 Å². The first kappa shape index (κ1) is 10.5. The molecule has 1 aromatic rings. The van der Waals surface area contributed by atoms with Crippen molar-refractivity contribution in [3.63, 3.8) is 0 Å². The number of rotatable bonds is 4. The van der Waals surface area contributed by atoms with E-state index < -0.39 is 5.56 Å². The zero-order valence-electron chi connectivity index (χ0n) is 8.11. The third-order valence-electron chi connectivity index (χ3n) is 1.57. The minimum atomic E-state index is -0.403. The molecule has 0 saturated heterocycles. The van der Waals surface area contributed by atoms with Gasteiger partial charge in [0, 0.05) is 7.11 Å². The SMILES string of the molecule is COCC(C)Oc1nc[nH]c(=O)c1N. The van der Waals surface area contributed by atoms with E-state index in [2.05, 4.69) is 9.97 Å². The second kappa shape index (κ2) is 4.61. The van der Waals surface area contributed by atoms with E-state index in [-0.39, 0.29) is 17.7 Å². The van der Waals surface area contributed by atoms with Crippen LogP contribution in [0.2, 0.25) is 0 Å². The van der Waals surface area contributed by atoms with E-state index in [9.17, 15) is 4.79 Å². The van der Waals surface area contributed by atoms with Crippen molar-refractivity contribution in [1.82, 2.24) is 9.97 Å². The number of nitrogens with zero attached hydrogens (tertiary/aromatic N) is 1. The lowest BCUT2D eigenvalue weighted by atomic mass is 10.4. The topological polar surface area (TPSA) is 90.2 Å². The van der Waals surface area contributed by atoms with E-state index in [4.69, 9.17) is 15.2 Å². The van der Waals surface area contributed by atoms with Crippen molar-refractivity contribution >= 4 is 5.69 Å². The summed E-state index contributed by atoms with van der Waals surface area (Å²) in [5.41, 5.74) is 5.03. The third kappa shape index (κ3) is 2.46. The Labute approximate surface area is 81.1 Å². The lowest BCUT2D eigenvalue weighted by Crippen LogP contribution is -2.22. The first-order chi connectivity index (χ1) is 6.65. The molecule has 0 bridgehead atoms. The number of nitrogen functional groups attached to an aromatic ring is 1. The number of nitrogens with one attached hydrogen (secondary N) is 1. The Kier molecular flexibility index (Phi) is 3.47. The standard InChI is InChI=1S/C8H13N3O3/c1-5(3-13-2)14-8-6(9)7(12)10-4-11-8/h4-5H,3,9H2,1-2H3,(H,10,11,12). The van der Waals surface area contributed by atoms with Gasteiger partial charge in [0.15, 0.2) is 5.69 Å². The molecule has 6 nitrogen and oxygen atoms in total. The van der Waals surface area contributed by atoms with Crippen molar-refractivity contribution in [3.8, 4) is 5.88 Å². The average Bonchev–Trinajstić information content (AvgIpc) is 2.13. The Morgan fingerprint density at radius 1 is 1.71 bits per heavy atom. The van der Waals surface area contributed by atoms with Crippen LogP contribution in [0.1, 0.15) is 6.92 Å². The number of hydrogen-bond acceptors (Lipinski definition) is 5. The van der Waals surface area contributed by atoms with Gasteiger partial charge in [-0.3, -0.25) is 4.79 Å². The second-order valence-electron chi connectivity index (χ2n) is 2.83. The number of anilines is 1. The molecule has 0 fully saturated rings. The van der Waals surface area contributed by atoms with E-state index in [1.54, 1.807) is 14.0 Å². The van der Waals surface area contributed by atoms with Crippen LogP contribution in [0.3, 0.4) is 0 Å². The van der Waals surface area contributed by atoms with Crippen LogP contribution in [-0.2, 0) is 4.74 Å². The fraction of sp³-hybridized carbons (Fsp3) is 0.500. The molecule has 0 aliphatic carbocycles. The monoisotopic (exact) mass is 199 g/mol. The molecule has 1 rings (SSSR count). The summed E-state index contributed by atoms with van der Waals surface area (Å²) in [6, 6.07) is 0. The predicted molar refractivity (Wildman–Crippen MR) is 51.2 cm³/mol. The zero-order chi connectivity index (χ0) is 10.6. The van der Waals surface area contributed by atoms with Crippen LogP contribution in [0.15, 0.2) is 11.1 Å². The summed E-state index contributed by atoms with van der Waals surface area (Å²) in [5.74, 6) is 0.137. The zero-order valence-corrected chi connectivity index (χ0v) is 8.11. The number of aromatic nitrogens is 2. The molecule has 6 heteroatoms. The number of aromatic amines is 1. The van der Waals surface area contributed by atoms with Crippen LogP contribution in [0.5, 0.6) is 5.88 Å². The number of hydrogen-bond donors (Lipinski definition) is 2. The van der Waals surface area contributed by atoms with Gasteiger partial charge in [0.2, 0.25) is 5.88 Å². The van der Waals surface area contributed by atoms with Gasteiger partial charge in [0.05, 0.1) is 12.9 Å². The Balaban J connectivity index is 2.76. The van der Waals surface area contributed by atoms with Crippen LogP contribution in [0.25, 0.3) is 0 Å². The van der Waals surface area contributed by atoms with Gasteiger partial charge in [-0.25, -0.2) is 4.98 Å². The molecular formula is C8H13N3O3. The van der Waals surface area contributed by atoms with Gasteiger partial charge < -0.3 is 20.2 Å². The van der Waals surface area contributed by atoms with Gasteiger partial charge in [-0.1, -0.05) is 0 Å². The van der Waals surface area contributed by atoms with Crippen molar-refractivity contribution in [2.75, 3.05) is 19.5 Å². The fourth-order valence-corrected chi connectivity index (χ4v) is 0.947. The largest absolute Gasteiger partial charge is 0.471 e. The molecule has 0 aliphatic heterocycles. The van der Waals surface area contributed by atoms with Crippen LogP contribution in [0, 0.1) is 0 Å². The number of ether oxygens (including phenoxy) is 2. The first-order valence-electron chi connectivity index (χ1n) is 4.14. The number of nitrogens with two attached hydrogens (primary N) is 1. The van der Waals surface area contributed by atoms with Crippen LogP contribution in [0.4, 0.5) is 5.69 Å². The molecule has 0 spiro atoms. The van der Waals surface area contributed by atoms with Gasteiger partial charge in [0.1, 0.15) is 6.10 Å². The fourth-order valence-electron chi connectivity index (χ4n) is 0.947. The summed E-state index contributed by atoms with van der Waals surface area (Å²) in [7, 11) is 1.56. The molecule has 0 aliphatic rings. The van der Waals surface area contributed by atoms with Gasteiger partial charge in [0.25, 0.3) is 5.56 Å². The van der Waals surface area contributed by atoms with Crippen molar-refractivity contribution in [2.24, 2.45) is 0 Å². The third-order valence-corrected chi connectivity index (χ3v) is 1.57. The van der Waals surface area contributed by atoms with Gasteiger partial charge >= 0.3 is 0 Å². The quantitative estimate of drug-likeness (QED) is 0.698. The average molecular weight is 199 g/mol. The van der Waals surface area contributed by atoms with Gasteiger partial charge in [-0.2, -0.15) is 0 Å². The number of H-pyrrole nitrogens is 1. The molecule has 0 radical (unpaired) electrons. The molecule has 1 atom stereocenters. The predicted octanol–water partition coefficient (Wildman–Crippen LogP) is -0.234. The van der Waals surface area contributed by atoms with Crippen LogP contribution < -0.4 is 16.0 Å². The summed E-state index contributed by atoms with van der Waals surface area (Å²) in [4.78, 5) is 17.2. The molecule has 0 aromatic carbocycles. The highest BCUT2D eigenvalue weighted by Crippen LogP contribution is 2.12. The van der Waals surface area contributed by atoms with E-state index in [1.807, 2.05) is 0 Å². The first-order valence-corrected chi connectivity index (χ1v) is 4.14. The molecule has 1 heterocycles. The van der Waals surface area contributed by atoms with Crippen LogP contribution >= 0.6 is 0 Å². The Bertz CT molecular complexity index is 350. The minimum Gasteiger partial charge on any atom is -0.471 e. The van der Waals surface area contributed by atoms with E-state index in [0.717, 1.165) is 0 Å². The summed E-state index contributed by atoms with van der Waals surface area (Å²) in [6.45, 7) is 2.21. The maximum absolute atomic E-state index is 11.0. The Hall–Kier alpha value is -1.56. The molecule has 78 valence electrons. The molecule has 0 saturated carbocycles. The van der Waals surface area contributed by atoms with Crippen molar-refractivity contribution < 1.29 is 9.47 Å². The van der Waals surface area contributed by atoms with Crippen LogP contribution in [-0.4, -0.2) is 29.8 Å². The highest BCUT2D eigenvalue weighted by Gasteiger charge is 2.09. The maximum atomic E-state index is 11.0. The lowest BCUT2D eigenvalue weighted by Gasteiger charge is -2.13. The van der Waals surface area contributed by atoms with Gasteiger partial charge in [-0.05, 0) is 6.92 Å². The highest BCUT2D eigenvalue weighted by molar-refractivity contribution is 5.44. The van der Waals surface area contributed by atoms with Crippen molar-refractivity contribution in [3.05, 3.63) is 16.7 Å².